The third-order valence-electron chi connectivity index (χ3n) is 7.71. The van der Waals surface area contributed by atoms with E-state index in [4.69, 9.17) is 9.47 Å². The van der Waals surface area contributed by atoms with E-state index in [0.717, 1.165) is 41.0 Å². The normalized spacial score (nSPS) is 40.3. The van der Waals surface area contributed by atoms with Crippen molar-refractivity contribution in [3.8, 4) is 5.75 Å². The Hall–Kier alpha value is -0.140. The number of fused-ring (bicyclic) bond motifs is 6. The van der Waals surface area contributed by atoms with Crippen molar-refractivity contribution in [1.29, 1.82) is 0 Å². The number of phenolic OH excluding ortho intramolecular Hbond substituents is 1. The third-order valence-corrected chi connectivity index (χ3v) is 9.17. The predicted molar refractivity (Wildman–Crippen MR) is 104 cm³/mol. The number of ether oxygens (including phenoxy) is 2. The number of aliphatic hydroxyl groups is 1. The van der Waals surface area contributed by atoms with Crippen LogP contribution >= 0.6 is 31.9 Å². The Morgan fingerprint density at radius 2 is 1.92 bits per heavy atom. The lowest BCUT2D eigenvalue weighted by molar-refractivity contribution is -0.270. The highest BCUT2D eigenvalue weighted by Crippen LogP contribution is 2.66. The highest BCUT2D eigenvalue weighted by atomic mass is 79.9. The van der Waals surface area contributed by atoms with Crippen LogP contribution in [0.25, 0.3) is 0 Å². The molecule has 1 spiro atoms. The third kappa shape index (κ3) is 2.11. The van der Waals surface area contributed by atoms with Gasteiger partial charge in [0.05, 0.1) is 22.2 Å². The van der Waals surface area contributed by atoms with E-state index in [0.29, 0.717) is 36.7 Å². The molecule has 1 unspecified atom stereocenters. The Morgan fingerprint density at radius 1 is 1.19 bits per heavy atom. The second-order valence-corrected chi connectivity index (χ2v) is 10.2. The number of halogens is 2. The number of phenols is 1. The molecule has 1 aliphatic heterocycles. The highest BCUT2D eigenvalue weighted by Gasteiger charge is 2.69. The van der Waals surface area contributed by atoms with Crippen LogP contribution < -0.4 is 0 Å². The summed E-state index contributed by atoms with van der Waals surface area (Å²) < 4.78 is 13.7. The summed E-state index contributed by atoms with van der Waals surface area (Å²) in [5, 5.41) is 21.2. The molecule has 0 aromatic heterocycles. The lowest BCUT2D eigenvalue weighted by Gasteiger charge is -2.52. The monoisotopic (exact) mass is 486 g/mol. The van der Waals surface area contributed by atoms with Gasteiger partial charge in [-0.15, -0.1) is 0 Å². The van der Waals surface area contributed by atoms with Gasteiger partial charge in [-0.3, -0.25) is 0 Å². The maximum Gasteiger partial charge on any atom is 0.200 e. The van der Waals surface area contributed by atoms with Crippen LogP contribution in [0.15, 0.2) is 15.0 Å². The maximum atomic E-state index is 10.9. The predicted octanol–water partition coefficient (Wildman–Crippen LogP) is 4.49. The van der Waals surface area contributed by atoms with Gasteiger partial charge in [0.15, 0.2) is 5.79 Å². The van der Waals surface area contributed by atoms with Crippen LogP contribution in [0.2, 0.25) is 0 Å². The molecule has 0 bridgehead atoms. The highest BCUT2D eigenvalue weighted by molar-refractivity contribution is 9.11. The molecule has 3 fully saturated rings. The van der Waals surface area contributed by atoms with E-state index < -0.39 is 11.9 Å². The smallest absolute Gasteiger partial charge is 0.200 e. The molecule has 4 nitrogen and oxygen atoms in total. The van der Waals surface area contributed by atoms with Gasteiger partial charge in [0.2, 0.25) is 0 Å². The van der Waals surface area contributed by atoms with Crippen LogP contribution in [-0.4, -0.2) is 35.3 Å². The van der Waals surface area contributed by atoms with Crippen molar-refractivity contribution in [2.75, 3.05) is 13.2 Å². The van der Waals surface area contributed by atoms with E-state index in [2.05, 4.69) is 44.8 Å². The SMILES string of the molecule is C[C@]12CCC3c4cc(Br)c(O)c(Br)c4CC[C@H]3[C@@H]1C[C@@H](O)C21OCCO1. The number of aromatic hydroxyl groups is 1. The molecule has 6 heteroatoms. The van der Waals surface area contributed by atoms with E-state index in [9.17, 15) is 10.2 Å². The standard InChI is InChI=1S/C20H24Br2O4/c1-19-5-4-10-11(14(19)9-16(23)20(19)25-6-7-26-20)2-3-12-13(10)8-15(21)18(24)17(12)22/h8,10-11,14,16,23-24H,2-7,9H2,1H3/t10?,11-,14+,16-,19+/m1/s1. The Kier molecular flexibility index (Phi) is 4.09. The zero-order chi connectivity index (χ0) is 18.3. The van der Waals surface area contributed by atoms with Gasteiger partial charge in [-0.1, -0.05) is 6.92 Å². The van der Waals surface area contributed by atoms with Gasteiger partial charge in [-0.25, -0.2) is 0 Å². The molecule has 1 heterocycles. The van der Waals surface area contributed by atoms with Crippen LogP contribution in [-0.2, 0) is 15.9 Å². The number of hydrogen-bond acceptors (Lipinski definition) is 4. The van der Waals surface area contributed by atoms with E-state index in [-0.39, 0.29) is 5.41 Å². The van der Waals surface area contributed by atoms with Gasteiger partial charge in [0, 0.05) is 5.41 Å². The Labute approximate surface area is 170 Å². The van der Waals surface area contributed by atoms with Gasteiger partial charge in [0.25, 0.3) is 0 Å². The van der Waals surface area contributed by atoms with Gasteiger partial charge < -0.3 is 19.7 Å². The summed E-state index contributed by atoms with van der Waals surface area (Å²) in [5.74, 6) is 0.874. The fourth-order valence-electron chi connectivity index (χ4n) is 6.55. The summed E-state index contributed by atoms with van der Waals surface area (Å²) in [7, 11) is 0. The van der Waals surface area contributed by atoms with Crippen molar-refractivity contribution in [3.63, 3.8) is 0 Å². The molecule has 1 aromatic rings. The zero-order valence-corrected chi connectivity index (χ0v) is 18.0. The van der Waals surface area contributed by atoms with Crippen LogP contribution in [0, 0.1) is 17.3 Å². The molecular formula is C20H24Br2O4. The van der Waals surface area contributed by atoms with E-state index in [1.54, 1.807) is 0 Å². The molecule has 5 rings (SSSR count). The number of hydrogen-bond donors (Lipinski definition) is 2. The number of rotatable bonds is 0. The Bertz CT molecular complexity index is 761. The summed E-state index contributed by atoms with van der Waals surface area (Å²) in [6.45, 7) is 3.43. The lowest BCUT2D eigenvalue weighted by Crippen LogP contribution is -2.54. The minimum atomic E-state index is -0.807. The molecule has 142 valence electrons. The van der Waals surface area contributed by atoms with Gasteiger partial charge in [-0.05, 0) is 98.9 Å². The van der Waals surface area contributed by atoms with E-state index in [1.807, 2.05) is 0 Å². The first-order chi connectivity index (χ1) is 12.4. The van der Waals surface area contributed by atoms with Gasteiger partial charge in [0.1, 0.15) is 11.9 Å². The van der Waals surface area contributed by atoms with Crippen LogP contribution in [0.3, 0.4) is 0 Å². The van der Waals surface area contributed by atoms with Crippen molar-refractivity contribution in [1.82, 2.24) is 0 Å². The topological polar surface area (TPSA) is 58.9 Å². The fraction of sp³-hybridized carbons (Fsp3) is 0.700. The molecule has 5 atom stereocenters. The van der Waals surface area contributed by atoms with Crippen LogP contribution in [0.4, 0.5) is 0 Å². The summed E-state index contributed by atoms with van der Waals surface area (Å²) in [6, 6.07) is 2.11. The molecule has 4 aliphatic rings. The molecule has 0 radical (unpaired) electrons. The zero-order valence-electron chi connectivity index (χ0n) is 14.8. The van der Waals surface area contributed by atoms with Crippen molar-refractivity contribution < 1.29 is 19.7 Å². The molecular weight excluding hydrogens is 464 g/mol. The van der Waals surface area contributed by atoms with E-state index in [1.165, 1.54) is 11.1 Å². The molecule has 1 saturated heterocycles. The average Bonchev–Trinajstić information content (AvgIpc) is 3.20. The number of benzene rings is 1. The van der Waals surface area contributed by atoms with Crippen molar-refractivity contribution >= 4 is 31.9 Å². The number of aliphatic hydroxyl groups excluding tert-OH is 1. The molecule has 2 N–H and O–H groups in total. The Morgan fingerprint density at radius 3 is 2.65 bits per heavy atom. The van der Waals surface area contributed by atoms with Crippen LogP contribution in [0.5, 0.6) is 5.75 Å². The first-order valence-electron chi connectivity index (χ1n) is 9.55. The first-order valence-corrected chi connectivity index (χ1v) is 11.1. The Balaban J connectivity index is 1.56. The summed E-state index contributed by atoms with van der Waals surface area (Å²) in [5.41, 5.74) is 2.47. The first kappa shape index (κ1) is 17.9. The minimum Gasteiger partial charge on any atom is -0.506 e. The average molecular weight is 488 g/mol. The van der Waals surface area contributed by atoms with Crippen molar-refractivity contribution in [3.05, 3.63) is 26.1 Å². The van der Waals surface area contributed by atoms with Gasteiger partial charge >= 0.3 is 0 Å². The maximum absolute atomic E-state index is 10.9. The fourth-order valence-corrected chi connectivity index (χ4v) is 7.90. The van der Waals surface area contributed by atoms with Crippen molar-refractivity contribution in [2.45, 2.75) is 56.8 Å². The molecule has 0 amide bonds. The second-order valence-electron chi connectivity index (χ2n) is 8.58. The molecule has 2 saturated carbocycles. The second kappa shape index (κ2) is 5.93. The van der Waals surface area contributed by atoms with Crippen LogP contribution in [0.1, 0.15) is 49.7 Å². The largest absolute Gasteiger partial charge is 0.506 e. The summed E-state index contributed by atoms with van der Waals surface area (Å²) >= 11 is 7.11. The minimum absolute atomic E-state index is 0.132. The quantitative estimate of drug-likeness (QED) is 0.566. The molecule has 1 aromatic carbocycles. The summed E-state index contributed by atoms with van der Waals surface area (Å²) in [6.07, 6.45) is 4.31. The van der Waals surface area contributed by atoms with Gasteiger partial charge in [-0.2, -0.15) is 0 Å². The lowest BCUT2D eigenvalue weighted by atomic mass is 9.55. The van der Waals surface area contributed by atoms with Crippen molar-refractivity contribution in [2.24, 2.45) is 17.3 Å². The van der Waals surface area contributed by atoms with E-state index >= 15 is 0 Å². The molecule has 3 aliphatic carbocycles. The molecule has 26 heavy (non-hydrogen) atoms. The summed E-state index contributed by atoms with van der Waals surface area (Å²) in [4.78, 5) is 0.